The Kier molecular flexibility index (Phi) is 4.92. The van der Waals surface area contributed by atoms with E-state index in [1.165, 1.54) is 16.7 Å². The van der Waals surface area contributed by atoms with Crippen LogP contribution in [0.5, 0.6) is 0 Å². The van der Waals surface area contributed by atoms with Crippen LogP contribution in [-0.2, 0) is 17.7 Å². The number of fused-ring (bicyclic) bond motifs is 3. The van der Waals surface area contributed by atoms with Gasteiger partial charge in [-0.2, -0.15) is 0 Å². The Hall–Kier alpha value is -2.33. The number of carbonyl (C=O) groups is 1. The largest absolute Gasteiger partial charge is 0.444 e. The number of hydrogen-bond donors (Lipinski definition) is 1. The molecule has 1 heterocycles. The Balaban J connectivity index is 1.60. The predicted octanol–water partition coefficient (Wildman–Crippen LogP) is 4.50. The normalized spacial score (nSPS) is 24.3. The van der Waals surface area contributed by atoms with Crippen LogP contribution < -0.4 is 5.32 Å². The van der Waals surface area contributed by atoms with Crippen LogP contribution in [0.4, 0.5) is 4.79 Å². The third-order valence-electron chi connectivity index (χ3n) is 5.88. The Bertz CT molecular complexity index is 843. The van der Waals surface area contributed by atoms with E-state index in [0.717, 1.165) is 32.5 Å². The Morgan fingerprint density at radius 1 is 1.14 bits per heavy atom. The van der Waals surface area contributed by atoms with Gasteiger partial charge in [0.1, 0.15) is 5.60 Å². The average Bonchev–Trinajstić information content (AvgIpc) is 2.99. The third-order valence-corrected chi connectivity index (χ3v) is 5.88. The van der Waals surface area contributed by atoms with Crippen LogP contribution in [-0.4, -0.2) is 35.2 Å². The van der Waals surface area contributed by atoms with E-state index < -0.39 is 5.60 Å². The molecule has 0 bridgehead atoms. The Morgan fingerprint density at radius 3 is 2.61 bits per heavy atom. The predicted molar refractivity (Wildman–Crippen MR) is 111 cm³/mol. The van der Waals surface area contributed by atoms with Gasteiger partial charge < -0.3 is 10.1 Å². The van der Waals surface area contributed by atoms with Gasteiger partial charge in [-0.3, -0.25) is 4.90 Å². The number of hydrogen-bond acceptors (Lipinski definition) is 3. The molecular weight excluding hydrogens is 348 g/mol. The molecule has 2 aromatic carbocycles. The van der Waals surface area contributed by atoms with Crippen molar-refractivity contribution in [2.75, 3.05) is 13.1 Å². The van der Waals surface area contributed by atoms with Crippen LogP contribution in [0.3, 0.4) is 0 Å². The molecule has 4 nitrogen and oxygen atoms in total. The summed E-state index contributed by atoms with van der Waals surface area (Å²) in [4.78, 5) is 15.2. The molecule has 2 aromatic rings. The molecule has 2 unspecified atom stereocenters. The number of amides is 1. The summed E-state index contributed by atoms with van der Waals surface area (Å²) in [5.74, 6) is 0.286. The molecule has 2 atom stereocenters. The smallest absolute Gasteiger partial charge is 0.408 e. The molecule has 148 valence electrons. The molecule has 4 rings (SSSR count). The molecule has 1 saturated heterocycles. The van der Waals surface area contributed by atoms with Gasteiger partial charge in [0, 0.05) is 25.6 Å². The molecule has 0 saturated carbocycles. The van der Waals surface area contributed by atoms with Gasteiger partial charge in [-0.15, -0.1) is 0 Å². The van der Waals surface area contributed by atoms with Gasteiger partial charge in [0.15, 0.2) is 0 Å². The van der Waals surface area contributed by atoms with Gasteiger partial charge in [-0.05, 0) is 50.3 Å². The van der Waals surface area contributed by atoms with Gasteiger partial charge in [0.05, 0.1) is 5.54 Å². The summed E-state index contributed by atoms with van der Waals surface area (Å²) in [7, 11) is 0. The number of nitrogens with one attached hydrogen (secondary N) is 1. The fourth-order valence-electron chi connectivity index (χ4n) is 4.77. The van der Waals surface area contributed by atoms with Crippen molar-refractivity contribution >= 4 is 6.09 Å². The quantitative estimate of drug-likeness (QED) is 0.855. The van der Waals surface area contributed by atoms with E-state index in [1.807, 2.05) is 20.8 Å². The first kappa shape index (κ1) is 19.0. The number of rotatable bonds is 3. The molecule has 1 amide bonds. The van der Waals surface area contributed by atoms with E-state index >= 15 is 0 Å². The molecule has 1 aliphatic heterocycles. The molecule has 1 fully saturated rings. The summed E-state index contributed by atoms with van der Waals surface area (Å²) in [6, 6.07) is 19.3. The minimum atomic E-state index is -0.495. The molecule has 1 N–H and O–H groups in total. The summed E-state index contributed by atoms with van der Waals surface area (Å²) in [6.45, 7) is 8.43. The van der Waals surface area contributed by atoms with Crippen LogP contribution in [0.15, 0.2) is 54.6 Å². The number of benzene rings is 2. The van der Waals surface area contributed by atoms with Crippen LogP contribution in [0.2, 0.25) is 0 Å². The maximum Gasteiger partial charge on any atom is 0.408 e. The van der Waals surface area contributed by atoms with E-state index in [0.29, 0.717) is 0 Å². The highest BCUT2D eigenvalue weighted by Crippen LogP contribution is 2.45. The summed E-state index contributed by atoms with van der Waals surface area (Å²) in [5.41, 5.74) is 3.33. The van der Waals surface area contributed by atoms with E-state index in [9.17, 15) is 4.79 Å². The van der Waals surface area contributed by atoms with Crippen molar-refractivity contribution in [2.24, 2.45) is 0 Å². The standard InChI is InChI=1S/C24H30N2O2/c1-23(2,3)28-22(27)25-24-14-13-19-11-7-8-12-20(19)21(24)16-26(17-24)15-18-9-5-4-6-10-18/h4-12,21H,13-17H2,1-3H3,(H,25,27). The number of ether oxygens (including phenoxy) is 1. The topological polar surface area (TPSA) is 41.6 Å². The summed E-state index contributed by atoms with van der Waals surface area (Å²) in [5, 5.41) is 3.30. The average molecular weight is 379 g/mol. The number of alkyl carbamates (subject to hydrolysis) is 1. The zero-order valence-electron chi connectivity index (χ0n) is 17.1. The molecular formula is C24H30N2O2. The molecule has 4 heteroatoms. The van der Waals surface area contributed by atoms with Crippen molar-refractivity contribution in [3.63, 3.8) is 0 Å². The van der Waals surface area contributed by atoms with E-state index in [4.69, 9.17) is 4.74 Å². The van der Waals surface area contributed by atoms with Crippen LogP contribution in [0.25, 0.3) is 0 Å². The van der Waals surface area contributed by atoms with Crippen molar-refractivity contribution in [3.8, 4) is 0 Å². The van der Waals surface area contributed by atoms with Crippen LogP contribution in [0, 0.1) is 0 Å². The highest BCUT2D eigenvalue weighted by molar-refractivity contribution is 5.69. The second kappa shape index (κ2) is 7.25. The molecule has 1 aliphatic carbocycles. The third kappa shape index (κ3) is 3.93. The van der Waals surface area contributed by atoms with Gasteiger partial charge >= 0.3 is 6.09 Å². The first-order valence-electron chi connectivity index (χ1n) is 10.2. The minimum Gasteiger partial charge on any atom is -0.444 e. The summed E-state index contributed by atoms with van der Waals surface area (Å²) >= 11 is 0. The van der Waals surface area contributed by atoms with Crippen molar-refractivity contribution in [1.82, 2.24) is 10.2 Å². The second-order valence-corrected chi connectivity index (χ2v) is 9.19. The second-order valence-electron chi connectivity index (χ2n) is 9.19. The van der Waals surface area contributed by atoms with Gasteiger partial charge in [0.2, 0.25) is 0 Å². The van der Waals surface area contributed by atoms with Gasteiger partial charge in [0.25, 0.3) is 0 Å². The highest BCUT2D eigenvalue weighted by atomic mass is 16.6. The monoisotopic (exact) mass is 378 g/mol. The molecule has 0 aromatic heterocycles. The van der Waals surface area contributed by atoms with E-state index in [1.54, 1.807) is 0 Å². The zero-order valence-corrected chi connectivity index (χ0v) is 17.1. The van der Waals surface area contributed by atoms with Crippen molar-refractivity contribution in [3.05, 3.63) is 71.3 Å². The summed E-state index contributed by atoms with van der Waals surface area (Å²) in [6.07, 6.45) is 1.62. The number of carbonyl (C=O) groups excluding carboxylic acids is 1. The van der Waals surface area contributed by atoms with Gasteiger partial charge in [-0.25, -0.2) is 4.79 Å². The molecule has 28 heavy (non-hydrogen) atoms. The fourth-order valence-corrected chi connectivity index (χ4v) is 4.77. The zero-order chi connectivity index (χ0) is 19.8. The molecule has 0 spiro atoms. The lowest BCUT2D eigenvalue weighted by molar-refractivity contribution is 0.0437. The van der Waals surface area contributed by atoms with Crippen molar-refractivity contribution in [1.29, 1.82) is 0 Å². The first-order chi connectivity index (χ1) is 13.3. The highest BCUT2D eigenvalue weighted by Gasteiger charge is 2.51. The Labute approximate surface area is 167 Å². The SMILES string of the molecule is CC(C)(C)OC(=O)NC12CCc3ccccc3C1CN(Cc1ccccc1)C2. The fraction of sp³-hybridized carbons (Fsp3) is 0.458. The van der Waals surface area contributed by atoms with E-state index in [2.05, 4.69) is 64.8 Å². The maximum absolute atomic E-state index is 12.7. The maximum atomic E-state index is 12.7. The van der Waals surface area contributed by atoms with Crippen molar-refractivity contribution < 1.29 is 9.53 Å². The van der Waals surface area contributed by atoms with Crippen LogP contribution >= 0.6 is 0 Å². The number of aryl methyl sites for hydroxylation is 1. The lowest BCUT2D eigenvalue weighted by atomic mass is 9.71. The van der Waals surface area contributed by atoms with Crippen molar-refractivity contribution in [2.45, 2.75) is 57.2 Å². The van der Waals surface area contributed by atoms with Gasteiger partial charge in [-0.1, -0.05) is 54.6 Å². The van der Waals surface area contributed by atoms with E-state index in [-0.39, 0.29) is 17.6 Å². The molecule has 2 aliphatic rings. The summed E-state index contributed by atoms with van der Waals surface area (Å²) < 4.78 is 5.62. The Morgan fingerprint density at radius 2 is 1.86 bits per heavy atom. The minimum absolute atomic E-state index is 0.272. The lowest BCUT2D eigenvalue weighted by Gasteiger charge is -2.40. The number of nitrogens with zero attached hydrogens (tertiary/aromatic N) is 1. The van der Waals surface area contributed by atoms with Crippen LogP contribution in [0.1, 0.15) is 49.8 Å². The lowest BCUT2D eigenvalue weighted by Crippen LogP contribution is -2.56. The molecule has 0 radical (unpaired) electrons. The number of likely N-dealkylation sites (tertiary alicyclic amines) is 1. The first-order valence-corrected chi connectivity index (χ1v) is 10.2.